The summed E-state index contributed by atoms with van der Waals surface area (Å²) in [4.78, 5) is 30.6. The number of morpholine rings is 1. The van der Waals surface area contributed by atoms with Crippen molar-refractivity contribution in [3.63, 3.8) is 0 Å². The molecular weight excluding hydrogens is 550 g/mol. The molecule has 2 aliphatic rings. The van der Waals surface area contributed by atoms with Crippen molar-refractivity contribution in [1.82, 2.24) is 24.6 Å². The van der Waals surface area contributed by atoms with E-state index >= 15 is 0 Å². The third-order valence-corrected chi connectivity index (χ3v) is 7.47. The quantitative estimate of drug-likeness (QED) is 0.228. The molecule has 0 spiro atoms. The minimum absolute atomic E-state index is 0.0913. The molecule has 2 fully saturated rings. The highest BCUT2D eigenvalue weighted by atomic mass is 32.2. The molecule has 2 amide bonds. The van der Waals surface area contributed by atoms with Crippen LogP contribution in [0.25, 0.3) is 10.9 Å². The molecule has 4 heterocycles. The van der Waals surface area contributed by atoms with Crippen molar-refractivity contribution < 1.29 is 14.3 Å². The summed E-state index contributed by atoms with van der Waals surface area (Å²) in [6.45, 7) is 14.0. The molecule has 0 saturated carbocycles. The average molecular weight is 598 g/mol. The van der Waals surface area contributed by atoms with Crippen LogP contribution < -0.4 is 19.7 Å². The van der Waals surface area contributed by atoms with Gasteiger partial charge in [-0.2, -0.15) is 0 Å². The third kappa shape index (κ3) is 9.43. The summed E-state index contributed by atoms with van der Waals surface area (Å²) in [5.74, 6) is 2.01. The van der Waals surface area contributed by atoms with E-state index in [9.17, 15) is 4.79 Å². The highest BCUT2D eigenvalue weighted by molar-refractivity contribution is 7.96. The maximum Gasteiger partial charge on any atom is 0.321 e. The van der Waals surface area contributed by atoms with Gasteiger partial charge in [0, 0.05) is 50.1 Å². The van der Waals surface area contributed by atoms with Crippen LogP contribution in [0.1, 0.15) is 58.6 Å². The van der Waals surface area contributed by atoms with Crippen LogP contribution in [0.2, 0.25) is 0 Å². The number of urea groups is 1. The number of amides is 2. The van der Waals surface area contributed by atoms with Gasteiger partial charge in [-0.05, 0) is 49.8 Å². The van der Waals surface area contributed by atoms with E-state index in [4.69, 9.17) is 9.47 Å². The van der Waals surface area contributed by atoms with Crippen molar-refractivity contribution in [3.8, 4) is 5.75 Å². The first-order valence-electron chi connectivity index (χ1n) is 15.2. The number of piperidine rings is 1. The number of fused-ring (bicyclic) bond motifs is 1. The Hall–Kier alpha value is -3.15. The molecule has 0 atom stereocenters. The molecule has 42 heavy (non-hydrogen) atoms. The number of anilines is 2. The Morgan fingerprint density at radius 3 is 2.48 bits per heavy atom. The van der Waals surface area contributed by atoms with Crippen molar-refractivity contribution in [1.29, 1.82) is 0 Å². The van der Waals surface area contributed by atoms with Crippen LogP contribution in [0.3, 0.4) is 0 Å². The van der Waals surface area contributed by atoms with Gasteiger partial charge in [-0.1, -0.05) is 39.6 Å². The summed E-state index contributed by atoms with van der Waals surface area (Å²) in [6, 6.07) is 9.82. The van der Waals surface area contributed by atoms with Gasteiger partial charge < -0.3 is 24.6 Å². The first kappa shape index (κ1) is 33.4. The lowest BCUT2D eigenvalue weighted by atomic mass is 9.91. The van der Waals surface area contributed by atoms with Gasteiger partial charge in [0.05, 0.1) is 42.9 Å². The third-order valence-electron chi connectivity index (χ3n) is 6.98. The molecule has 11 heteroatoms. The Kier molecular flexibility index (Phi) is 14.6. The molecule has 5 rings (SSSR count). The van der Waals surface area contributed by atoms with Crippen LogP contribution in [-0.4, -0.2) is 84.7 Å². The molecule has 2 saturated heterocycles. The van der Waals surface area contributed by atoms with Crippen molar-refractivity contribution in [2.24, 2.45) is 0 Å². The summed E-state index contributed by atoms with van der Waals surface area (Å²) < 4.78 is 14.5. The summed E-state index contributed by atoms with van der Waals surface area (Å²) in [6.07, 6.45) is 8.03. The fourth-order valence-corrected chi connectivity index (χ4v) is 5.26. The zero-order valence-electron chi connectivity index (χ0n) is 25.8. The molecular formula is C31H47N7O3S. The number of carbonyl (C=O) groups excluding carboxylic acids is 1. The monoisotopic (exact) mass is 597 g/mol. The SMILES string of the molecule is CC.CC.CSNCCCOc1ccc2c(C3CCN(C(=O)Nc4ccc(N5CCOCC5)nc4)CC3)ncnc2c1. The summed E-state index contributed by atoms with van der Waals surface area (Å²) in [7, 11) is 0. The first-order valence-corrected chi connectivity index (χ1v) is 16.4. The Balaban J connectivity index is 0.00000116. The molecule has 0 unspecified atom stereocenters. The van der Waals surface area contributed by atoms with Crippen LogP contribution in [-0.2, 0) is 4.74 Å². The summed E-state index contributed by atoms with van der Waals surface area (Å²) in [5, 5.41) is 4.05. The minimum atomic E-state index is -0.0913. The highest BCUT2D eigenvalue weighted by Gasteiger charge is 2.26. The van der Waals surface area contributed by atoms with Crippen molar-refractivity contribution in [2.75, 3.05) is 69.0 Å². The summed E-state index contributed by atoms with van der Waals surface area (Å²) in [5.41, 5.74) is 2.64. The lowest BCUT2D eigenvalue weighted by molar-refractivity contribution is 0.122. The lowest BCUT2D eigenvalue weighted by Crippen LogP contribution is -2.40. The van der Waals surface area contributed by atoms with Crippen LogP contribution in [0, 0.1) is 0 Å². The molecule has 2 N–H and O–H groups in total. The van der Waals surface area contributed by atoms with E-state index in [0.29, 0.717) is 38.6 Å². The highest BCUT2D eigenvalue weighted by Crippen LogP contribution is 2.32. The second kappa shape index (κ2) is 18.4. The van der Waals surface area contributed by atoms with E-state index in [1.54, 1.807) is 24.5 Å². The number of rotatable bonds is 9. The number of hydrogen-bond donors (Lipinski definition) is 2. The fourth-order valence-electron chi connectivity index (χ4n) is 4.91. The first-order chi connectivity index (χ1) is 20.7. The summed E-state index contributed by atoms with van der Waals surface area (Å²) >= 11 is 1.62. The van der Waals surface area contributed by atoms with E-state index in [0.717, 1.165) is 67.1 Å². The minimum Gasteiger partial charge on any atom is -0.493 e. The number of aromatic nitrogens is 3. The number of hydrogen-bond acceptors (Lipinski definition) is 9. The van der Waals surface area contributed by atoms with Crippen molar-refractivity contribution in [2.45, 2.75) is 52.9 Å². The topological polar surface area (TPSA) is 105 Å². The predicted octanol–water partition coefficient (Wildman–Crippen LogP) is 5.96. The van der Waals surface area contributed by atoms with Crippen LogP contribution in [0.4, 0.5) is 16.3 Å². The smallest absolute Gasteiger partial charge is 0.321 e. The van der Waals surface area contributed by atoms with E-state index < -0.39 is 0 Å². The zero-order valence-corrected chi connectivity index (χ0v) is 26.6. The number of benzene rings is 1. The van der Waals surface area contributed by atoms with E-state index in [1.165, 1.54) is 0 Å². The Bertz CT molecular complexity index is 1200. The van der Waals surface area contributed by atoms with Gasteiger partial charge in [-0.3, -0.25) is 4.72 Å². The van der Waals surface area contributed by atoms with Gasteiger partial charge >= 0.3 is 6.03 Å². The molecule has 3 aromatic rings. The van der Waals surface area contributed by atoms with Gasteiger partial charge in [0.25, 0.3) is 0 Å². The standard InChI is InChI=1S/C27H35N7O3S.2C2H6/c1-38-31-9-2-14-37-22-4-5-23-24(17-22)29-19-30-26(23)20-7-10-34(11-8-20)27(35)32-21-3-6-25(28-18-21)33-12-15-36-16-13-33;2*1-2/h3-6,17-20,31H,2,7-16H2,1H3,(H,32,35);2*1-2H3. The Labute approximate surface area is 255 Å². The number of ether oxygens (including phenoxy) is 2. The van der Waals surface area contributed by atoms with Crippen LogP contribution in [0.5, 0.6) is 5.75 Å². The predicted molar refractivity (Wildman–Crippen MR) is 174 cm³/mol. The maximum atomic E-state index is 12.9. The van der Waals surface area contributed by atoms with Crippen molar-refractivity contribution in [3.05, 3.63) is 48.5 Å². The Morgan fingerprint density at radius 2 is 1.79 bits per heavy atom. The molecule has 0 bridgehead atoms. The van der Waals surface area contributed by atoms with E-state index in [1.807, 2.05) is 63.1 Å². The van der Waals surface area contributed by atoms with Gasteiger partial charge in [-0.15, -0.1) is 0 Å². The average Bonchev–Trinajstić information content (AvgIpc) is 3.07. The van der Waals surface area contributed by atoms with E-state index in [2.05, 4.69) is 36.0 Å². The second-order valence-corrected chi connectivity index (χ2v) is 10.1. The second-order valence-electron chi connectivity index (χ2n) is 9.43. The number of nitrogens with one attached hydrogen (secondary N) is 2. The van der Waals surface area contributed by atoms with Crippen LogP contribution >= 0.6 is 11.9 Å². The molecule has 0 aliphatic carbocycles. The molecule has 0 radical (unpaired) electrons. The number of nitrogens with zero attached hydrogens (tertiary/aromatic N) is 5. The normalized spacial score (nSPS) is 15.3. The van der Waals surface area contributed by atoms with Gasteiger partial charge in [-0.25, -0.2) is 19.7 Å². The van der Waals surface area contributed by atoms with Gasteiger partial charge in [0.15, 0.2) is 0 Å². The number of pyridine rings is 1. The molecule has 2 aliphatic heterocycles. The molecule has 10 nitrogen and oxygen atoms in total. The maximum absolute atomic E-state index is 12.9. The van der Waals surface area contributed by atoms with E-state index in [-0.39, 0.29) is 11.9 Å². The van der Waals surface area contributed by atoms with Crippen LogP contribution in [0.15, 0.2) is 42.9 Å². The lowest BCUT2D eigenvalue weighted by Gasteiger charge is -2.32. The van der Waals surface area contributed by atoms with Gasteiger partial charge in [0.1, 0.15) is 17.9 Å². The molecule has 2 aromatic heterocycles. The Morgan fingerprint density at radius 1 is 1.02 bits per heavy atom. The molecule has 1 aromatic carbocycles. The fraction of sp³-hybridized carbons (Fsp3) is 0.548. The molecule has 230 valence electrons. The largest absolute Gasteiger partial charge is 0.493 e. The number of carbonyl (C=O) groups is 1. The van der Waals surface area contributed by atoms with Crippen molar-refractivity contribution >= 4 is 40.4 Å². The zero-order chi connectivity index (χ0) is 30.2. The number of likely N-dealkylation sites (tertiary alicyclic amines) is 1. The van der Waals surface area contributed by atoms with Gasteiger partial charge in [0.2, 0.25) is 0 Å².